The van der Waals surface area contributed by atoms with E-state index in [2.05, 4.69) is 4.98 Å². The van der Waals surface area contributed by atoms with Crippen molar-refractivity contribution in [1.82, 2.24) is 4.98 Å². The fourth-order valence-electron chi connectivity index (χ4n) is 1.90. The van der Waals surface area contributed by atoms with E-state index in [-0.39, 0.29) is 6.61 Å². The van der Waals surface area contributed by atoms with Crippen LogP contribution in [0.25, 0.3) is 0 Å². The van der Waals surface area contributed by atoms with Crippen LogP contribution in [0.5, 0.6) is 5.75 Å². The van der Waals surface area contributed by atoms with Crippen molar-refractivity contribution in [3.05, 3.63) is 47.7 Å². The minimum absolute atomic E-state index is 0.237. The number of nitrogens with two attached hydrogens (primary N) is 1. The lowest BCUT2D eigenvalue weighted by Crippen LogP contribution is -2.20. The summed E-state index contributed by atoms with van der Waals surface area (Å²) in [5.74, 6) is 1.21. The second-order valence-electron chi connectivity index (χ2n) is 4.97. The number of aliphatic hydroxyl groups excluding tert-OH is 1. The Morgan fingerprint density at radius 1 is 1.29 bits per heavy atom. The minimum atomic E-state index is -0.556. The molecule has 1 aromatic heterocycles. The molecule has 3 N–H and O–H groups in total. The summed E-state index contributed by atoms with van der Waals surface area (Å²) in [4.78, 5) is 4.43. The number of aromatic nitrogens is 1. The number of aliphatic hydroxyl groups is 1. The molecule has 1 heterocycles. The summed E-state index contributed by atoms with van der Waals surface area (Å²) >= 11 is 1.53. The van der Waals surface area contributed by atoms with Crippen molar-refractivity contribution in [3.63, 3.8) is 0 Å². The van der Waals surface area contributed by atoms with Gasteiger partial charge in [-0.15, -0.1) is 11.8 Å². The third-order valence-corrected chi connectivity index (χ3v) is 3.85. The Morgan fingerprint density at radius 3 is 2.81 bits per heavy atom. The smallest absolute Gasteiger partial charge is 0.121 e. The zero-order valence-corrected chi connectivity index (χ0v) is 13.1. The molecule has 0 amide bonds. The van der Waals surface area contributed by atoms with Gasteiger partial charge in [0.15, 0.2) is 0 Å². The van der Waals surface area contributed by atoms with Crippen LogP contribution in [-0.4, -0.2) is 28.6 Å². The van der Waals surface area contributed by atoms with Gasteiger partial charge >= 0.3 is 0 Å². The first-order chi connectivity index (χ1) is 10.0. The highest BCUT2D eigenvalue weighted by Gasteiger charge is 2.08. The van der Waals surface area contributed by atoms with Gasteiger partial charge < -0.3 is 15.6 Å². The molecule has 0 saturated heterocycles. The van der Waals surface area contributed by atoms with Crippen LogP contribution in [0.1, 0.15) is 11.3 Å². The first kappa shape index (κ1) is 15.7. The normalized spacial score (nSPS) is 12.1. The van der Waals surface area contributed by atoms with Gasteiger partial charge in [0, 0.05) is 23.2 Å². The fourth-order valence-corrected chi connectivity index (χ4v) is 2.84. The number of benzene rings is 1. The molecule has 0 aliphatic rings. The van der Waals surface area contributed by atoms with Crippen molar-refractivity contribution in [1.29, 1.82) is 0 Å². The molecule has 0 fully saturated rings. The standard InChI is InChI=1S/C16H20N2O2S/c1-11-6-12(2)18-16(7-11)21-10-14(19)9-20-15-5-3-4-13(17)8-15/h3-8,14,19H,9-10,17H2,1-2H3. The van der Waals surface area contributed by atoms with Crippen LogP contribution in [0.4, 0.5) is 5.69 Å². The summed E-state index contributed by atoms with van der Waals surface area (Å²) in [5.41, 5.74) is 8.49. The number of anilines is 1. The quantitative estimate of drug-likeness (QED) is 0.634. The van der Waals surface area contributed by atoms with Crippen molar-refractivity contribution in [2.24, 2.45) is 0 Å². The molecule has 0 aliphatic heterocycles. The van der Waals surface area contributed by atoms with E-state index in [1.165, 1.54) is 17.3 Å². The summed E-state index contributed by atoms with van der Waals surface area (Å²) in [6, 6.07) is 11.2. The second-order valence-corrected chi connectivity index (χ2v) is 6.01. The van der Waals surface area contributed by atoms with Gasteiger partial charge in [-0.1, -0.05) is 6.07 Å². The van der Waals surface area contributed by atoms with E-state index < -0.39 is 6.10 Å². The second kappa shape index (κ2) is 7.33. The average Bonchev–Trinajstić information content (AvgIpc) is 2.42. The van der Waals surface area contributed by atoms with Crippen LogP contribution in [0.3, 0.4) is 0 Å². The number of pyridine rings is 1. The number of aryl methyl sites for hydroxylation is 2. The lowest BCUT2D eigenvalue weighted by molar-refractivity contribution is 0.126. The highest BCUT2D eigenvalue weighted by atomic mass is 32.2. The van der Waals surface area contributed by atoms with Gasteiger partial charge in [0.1, 0.15) is 12.4 Å². The summed E-state index contributed by atoms with van der Waals surface area (Å²) in [6.45, 7) is 4.25. The van der Waals surface area contributed by atoms with Crippen molar-refractivity contribution in [2.45, 2.75) is 25.0 Å². The molecule has 2 rings (SSSR count). The molecule has 2 aromatic rings. The molecule has 1 unspecified atom stereocenters. The zero-order chi connectivity index (χ0) is 15.2. The molecule has 1 atom stereocenters. The first-order valence-electron chi connectivity index (χ1n) is 6.77. The predicted octanol–water partition coefficient (Wildman–Crippen LogP) is 2.81. The number of hydrogen-bond acceptors (Lipinski definition) is 5. The summed E-state index contributed by atoms with van der Waals surface area (Å²) in [6.07, 6.45) is -0.556. The highest BCUT2D eigenvalue weighted by Crippen LogP contribution is 2.19. The number of hydrogen-bond donors (Lipinski definition) is 2. The number of rotatable bonds is 6. The number of nitrogen functional groups attached to an aromatic ring is 1. The van der Waals surface area contributed by atoms with Crippen LogP contribution in [-0.2, 0) is 0 Å². The monoisotopic (exact) mass is 304 g/mol. The third-order valence-electron chi connectivity index (χ3n) is 2.80. The van der Waals surface area contributed by atoms with Gasteiger partial charge in [-0.2, -0.15) is 0 Å². The average molecular weight is 304 g/mol. The molecule has 21 heavy (non-hydrogen) atoms. The van der Waals surface area contributed by atoms with E-state index in [0.717, 1.165) is 10.7 Å². The summed E-state index contributed by atoms with van der Waals surface area (Å²) in [7, 11) is 0. The Labute approximate surface area is 129 Å². The Bertz CT molecular complexity index is 584. The van der Waals surface area contributed by atoms with E-state index in [9.17, 15) is 5.11 Å². The molecule has 0 bridgehead atoms. The van der Waals surface area contributed by atoms with Crippen molar-refractivity contribution >= 4 is 17.4 Å². The Morgan fingerprint density at radius 2 is 2.10 bits per heavy atom. The van der Waals surface area contributed by atoms with E-state index in [0.29, 0.717) is 17.2 Å². The van der Waals surface area contributed by atoms with Crippen molar-refractivity contribution in [3.8, 4) is 5.75 Å². The van der Waals surface area contributed by atoms with Crippen LogP contribution in [0.15, 0.2) is 41.4 Å². The van der Waals surface area contributed by atoms with Crippen LogP contribution >= 0.6 is 11.8 Å². The van der Waals surface area contributed by atoms with Crippen molar-refractivity contribution in [2.75, 3.05) is 18.1 Å². The Kier molecular flexibility index (Phi) is 5.47. The molecular formula is C16H20N2O2S. The molecule has 0 saturated carbocycles. The van der Waals surface area contributed by atoms with E-state index >= 15 is 0 Å². The summed E-state index contributed by atoms with van der Waals surface area (Å²) in [5, 5.41) is 10.9. The fraction of sp³-hybridized carbons (Fsp3) is 0.312. The van der Waals surface area contributed by atoms with Crippen LogP contribution in [0.2, 0.25) is 0 Å². The van der Waals surface area contributed by atoms with Crippen LogP contribution < -0.4 is 10.5 Å². The van der Waals surface area contributed by atoms with Gasteiger partial charge in [0.2, 0.25) is 0 Å². The topological polar surface area (TPSA) is 68.4 Å². The van der Waals surface area contributed by atoms with Crippen molar-refractivity contribution < 1.29 is 9.84 Å². The largest absolute Gasteiger partial charge is 0.491 e. The number of thioether (sulfide) groups is 1. The molecule has 0 radical (unpaired) electrons. The maximum absolute atomic E-state index is 9.97. The van der Waals surface area contributed by atoms with Crippen LogP contribution in [0, 0.1) is 13.8 Å². The molecule has 0 spiro atoms. The highest BCUT2D eigenvalue weighted by molar-refractivity contribution is 7.99. The lowest BCUT2D eigenvalue weighted by atomic mass is 10.3. The lowest BCUT2D eigenvalue weighted by Gasteiger charge is -2.12. The molecule has 5 heteroatoms. The van der Waals surface area contributed by atoms with Gasteiger partial charge in [-0.3, -0.25) is 0 Å². The maximum Gasteiger partial charge on any atom is 0.121 e. The SMILES string of the molecule is Cc1cc(C)nc(SCC(O)COc2cccc(N)c2)c1. The van der Waals surface area contributed by atoms with Gasteiger partial charge in [-0.25, -0.2) is 4.98 Å². The summed E-state index contributed by atoms with van der Waals surface area (Å²) < 4.78 is 5.52. The predicted molar refractivity (Wildman–Crippen MR) is 86.8 cm³/mol. The zero-order valence-electron chi connectivity index (χ0n) is 12.2. The number of nitrogens with zero attached hydrogens (tertiary/aromatic N) is 1. The maximum atomic E-state index is 9.97. The Balaban J connectivity index is 1.80. The minimum Gasteiger partial charge on any atom is -0.491 e. The van der Waals surface area contributed by atoms with E-state index in [4.69, 9.17) is 10.5 Å². The van der Waals surface area contributed by atoms with Gasteiger partial charge in [0.25, 0.3) is 0 Å². The molecule has 0 aliphatic carbocycles. The van der Waals surface area contributed by atoms with Gasteiger partial charge in [-0.05, 0) is 43.7 Å². The van der Waals surface area contributed by atoms with E-state index in [1.807, 2.05) is 38.1 Å². The molecular weight excluding hydrogens is 284 g/mol. The Hall–Kier alpha value is -1.72. The molecule has 4 nitrogen and oxygen atoms in total. The molecule has 112 valence electrons. The first-order valence-corrected chi connectivity index (χ1v) is 7.76. The third kappa shape index (κ3) is 5.28. The van der Waals surface area contributed by atoms with E-state index in [1.54, 1.807) is 12.1 Å². The molecule has 1 aromatic carbocycles. The number of ether oxygens (including phenoxy) is 1. The van der Waals surface area contributed by atoms with Gasteiger partial charge in [0.05, 0.1) is 11.1 Å².